The summed E-state index contributed by atoms with van der Waals surface area (Å²) in [5.74, 6) is 0. The van der Waals surface area contributed by atoms with E-state index < -0.39 is 3.79 Å². The third-order valence-electron chi connectivity index (χ3n) is 0.134. The van der Waals surface area contributed by atoms with Gasteiger partial charge in [0.15, 0.2) is 6.29 Å². The van der Waals surface area contributed by atoms with Crippen LogP contribution in [0.25, 0.3) is 0 Å². The lowest BCUT2D eigenvalue weighted by atomic mass is 10.9. The fourth-order valence-electron chi connectivity index (χ4n) is 0. The molecule has 0 rings (SSSR count). The first-order valence-corrected chi connectivity index (χ1v) is 3.29. The van der Waals surface area contributed by atoms with Crippen molar-refractivity contribution in [3.8, 4) is 0 Å². The van der Waals surface area contributed by atoms with Gasteiger partial charge >= 0.3 is 0 Å². The highest BCUT2D eigenvalue weighted by Crippen LogP contribution is 2.21. The van der Waals surface area contributed by atoms with Crippen LogP contribution < -0.4 is 0 Å². The van der Waals surface area contributed by atoms with Gasteiger partial charge in [0.05, 0.1) is 0 Å². The summed E-state index contributed by atoms with van der Waals surface area (Å²) in [6.45, 7) is 3.13. The molecule has 0 bridgehead atoms. The molecule has 1 nitrogen and oxygen atoms in total. The van der Waals surface area contributed by atoms with E-state index in [-0.39, 0.29) is 6.29 Å². The van der Waals surface area contributed by atoms with Crippen molar-refractivity contribution in [2.75, 3.05) is 0 Å². The summed E-state index contributed by atoms with van der Waals surface area (Å²) in [6, 6.07) is 0. The Labute approximate surface area is 73.5 Å². The van der Waals surface area contributed by atoms with Crippen LogP contribution in [0, 0.1) is 0 Å². The Morgan fingerprint density at radius 1 is 1.33 bits per heavy atom. The molecule has 5 heteroatoms. The molecule has 0 fully saturated rings. The fraction of sp³-hybridized carbons (Fsp3) is 0.250. The van der Waals surface area contributed by atoms with Gasteiger partial charge in [0.2, 0.25) is 3.79 Å². The molecule has 0 aliphatic rings. The molecule has 54 valence electrons. The van der Waals surface area contributed by atoms with Gasteiger partial charge in [-0.05, 0) is 5.54 Å². The van der Waals surface area contributed by atoms with Crippen LogP contribution in [0.1, 0.15) is 0 Å². The van der Waals surface area contributed by atoms with Gasteiger partial charge in [0, 0.05) is 0 Å². The van der Waals surface area contributed by atoms with E-state index in [9.17, 15) is 4.79 Å². The van der Waals surface area contributed by atoms with Gasteiger partial charge in [-0.2, -0.15) is 0 Å². The van der Waals surface area contributed by atoms with Crippen molar-refractivity contribution >= 4 is 52.7 Å². The van der Waals surface area contributed by atoms with E-state index in [4.69, 9.17) is 46.4 Å². The summed E-state index contributed by atoms with van der Waals surface area (Å²) >= 11 is 19.4. The summed E-state index contributed by atoms with van der Waals surface area (Å²) in [6.07, 6.45) is 0.234. The number of carbonyl (C=O) groups excluding carboxylic acids is 1. The lowest BCUT2D eigenvalue weighted by Crippen LogP contribution is -2.00. The van der Waals surface area contributed by atoms with Crippen LogP contribution in [0.15, 0.2) is 12.1 Å². The molecule has 0 saturated heterocycles. The Kier molecular flexibility index (Phi) is 9.11. The maximum atomic E-state index is 9.43. The second-order valence-corrected chi connectivity index (χ2v) is 3.49. The molecule has 0 aromatic heterocycles. The minimum Gasteiger partial charge on any atom is -0.299 e. The minimum atomic E-state index is -1.72. The van der Waals surface area contributed by atoms with Crippen LogP contribution in [0.5, 0.6) is 0 Å². The molecular weight excluding hydrogens is 206 g/mol. The van der Waals surface area contributed by atoms with Gasteiger partial charge in [-0.15, -0.1) is 0 Å². The molecule has 0 amide bonds. The van der Waals surface area contributed by atoms with Crippen LogP contribution in [-0.4, -0.2) is 10.1 Å². The highest BCUT2D eigenvalue weighted by atomic mass is 35.6. The first-order valence-electron chi connectivity index (χ1n) is 1.72. The lowest BCUT2D eigenvalue weighted by Gasteiger charge is -1.93. The van der Waals surface area contributed by atoms with Crippen molar-refractivity contribution in [1.82, 2.24) is 0 Å². The predicted octanol–water partition coefficient (Wildman–Crippen LogP) is 2.92. The summed E-state index contributed by atoms with van der Waals surface area (Å²) < 4.78 is -1.72. The quantitative estimate of drug-likeness (QED) is 0.443. The summed E-state index contributed by atoms with van der Waals surface area (Å²) in [4.78, 5) is 9.43. The van der Waals surface area contributed by atoms with Crippen LogP contribution in [0.2, 0.25) is 0 Å². The van der Waals surface area contributed by atoms with Crippen molar-refractivity contribution in [3.63, 3.8) is 0 Å². The predicted molar refractivity (Wildman–Crippen MR) is 42.4 cm³/mol. The summed E-state index contributed by atoms with van der Waals surface area (Å²) in [5, 5.41) is 0. The SMILES string of the molecule is C=CCl.O=CC(Cl)(Cl)Cl. The molecule has 0 saturated carbocycles. The Balaban J connectivity index is 0. The Morgan fingerprint density at radius 2 is 1.44 bits per heavy atom. The largest absolute Gasteiger partial charge is 0.299 e. The van der Waals surface area contributed by atoms with E-state index in [1.165, 1.54) is 5.54 Å². The zero-order valence-electron chi connectivity index (χ0n) is 4.28. The number of carbonyl (C=O) groups is 1. The summed E-state index contributed by atoms with van der Waals surface area (Å²) in [7, 11) is 0. The third-order valence-corrected chi connectivity index (χ3v) is 0.401. The van der Waals surface area contributed by atoms with Crippen LogP contribution in [-0.2, 0) is 4.79 Å². The van der Waals surface area contributed by atoms with Gasteiger partial charge in [-0.1, -0.05) is 53.0 Å². The van der Waals surface area contributed by atoms with E-state index in [2.05, 4.69) is 6.58 Å². The van der Waals surface area contributed by atoms with Crippen molar-refractivity contribution in [2.45, 2.75) is 3.79 Å². The normalized spacial score (nSPS) is 8.89. The first kappa shape index (κ1) is 12.3. The van der Waals surface area contributed by atoms with E-state index in [1.54, 1.807) is 0 Å². The van der Waals surface area contributed by atoms with Crippen LogP contribution >= 0.6 is 46.4 Å². The number of hydrogen-bond donors (Lipinski definition) is 0. The molecule has 0 aliphatic carbocycles. The Hall–Kier alpha value is 0.570. The van der Waals surface area contributed by atoms with Crippen LogP contribution in [0.4, 0.5) is 0 Å². The maximum Gasteiger partial charge on any atom is 0.245 e. The standard InChI is InChI=1S/C2HCl3O.C2H3Cl/c3-2(4,5)1-6;1-2-3/h1H;2H,1H2. The molecule has 0 radical (unpaired) electrons. The molecule has 0 atom stereocenters. The van der Waals surface area contributed by atoms with Crippen molar-refractivity contribution in [1.29, 1.82) is 0 Å². The van der Waals surface area contributed by atoms with Gasteiger partial charge < -0.3 is 0 Å². The van der Waals surface area contributed by atoms with E-state index in [1.807, 2.05) is 0 Å². The number of halogens is 4. The molecule has 9 heavy (non-hydrogen) atoms. The molecule has 0 aromatic rings. The van der Waals surface area contributed by atoms with Gasteiger partial charge in [0.25, 0.3) is 0 Å². The zero-order chi connectivity index (χ0) is 7.91. The number of alkyl halides is 3. The highest BCUT2D eigenvalue weighted by Gasteiger charge is 2.16. The monoisotopic (exact) mass is 208 g/mol. The number of rotatable bonds is 0. The molecule has 0 N–H and O–H groups in total. The Bertz CT molecular complexity index is 85.1. The second-order valence-electron chi connectivity index (χ2n) is 0.814. The Morgan fingerprint density at radius 3 is 1.44 bits per heavy atom. The average Bonchev–Trinajstić information content (AvgIpc) is 1.67. The summed E-state index contributed by atoms with van der Waals surface area (Å²) in [5.41, 5.74) is 1.22. The molecule has 0 heterocycles. The molecule has 0 aliphatic heterocycles. The van der Waals surface area contributed by atoms with Gasteiger partial charge in [0.1, 0.15) is 0 Å². The topological polar surface area (TPSA) is 17.1 Å². The minimum absolute atomic E-state index is 0.234. The molecule has 0 aromatic carbocycles. The highest BCUT2D eigenvalue weighted by molar-refractivity contribution is 6.74. The number of aldehydes is 1. The van der Waals surface area contributed by atoms with E-state index in [0.717, 1.165) is 0 Å². The fourth-order valence-corrected chi connectivity index (χ4v) is 0. The molecule has 0 spiro atoms. The smallest absolute Gasteiger partial charge is 0.245 e. The van der Waals surface area contributed by atoms with E-state index in [0.29, 0.717) is 0 Å². The molecule has 0 unspecified atom stereocenters. The average molecular weight is 210 g/mol. The lowest BCUT2D eigenvalue weighted by molar-refractivity contribution is -0.107. The first-order chi connectivity index (χ1) is 3.97. The van der Waals surface area contributed by atoms with Crippen molar-refractivity contribution < 1.29 is 4.79 Å². The van der Waals surface area contributed by atoms with Crippen LogP contribution in [0.3, 0.4) is 0 Å². The van der Waals surface area contributed by atoms with Crippen molar-refractivity contribution in [3.05, 3.63) is 12.1 Å². The van der Waals surface area contributed by atoms with Crippen molar-refractivity contribution in [2.24, 2.45) is 0 Å². The van der Waals surface area contributed by atoms with E-state index >= 15 is 0 Å². The third kappa shape index (κ3) is 29.0. The number of hydrogen-bond acceptors (Lipinski definition) is 1. The maximum absolute atomic E-state index is 9.43. The van der Waals surface area contributed by atoms with Gasteiger partial charge in [-0.3, -0.25) is 4.79 Å². The zero-order valence-corrected chi connectivity index (χ0v) is 7.31. The molecular formula is C4H4Cl4O. The second kappa shape index (κ2) is 6.69. The van der Waals surface area contributed by atoms with Gasteiger partial charge in [-0.25, -0.2) is 0 Å².